The first kappa shape index (κ1) is 27.9. The van der Waals surface area contributed by atoms with Crippen molar-refractivity contribution in [2.45, 2.75) is 51.6 Å². The van der Waals surface area contributed by atoms with Crippen LogP contribution in [0.25, 0.3) is 16.6 Å². The average molecular weight is 505 g/mol. The molecule has 1 amide bonds. The molecule has 0 saturated heterocycles. The molecule has 1 aromatic carbocycles. The molecular formula is C25H31ClF2N6O. The van der Waals surface area contributed by atoms with Crippen molar-refractivity contribution >= 4 is 52.4 Å². The predicted octanol–water partition coefficient (Wildman–Crippen LogP) is 5.58. The number of hydrogen-bond acceptors (Lipinski definition) is 4. The van der Waals surface area contributed by atoms with E-state index in [-0.39, 0.29) is 28.8 Å². The first-order valence-electron chi connectivity index (χ1n) is 11.2. The van der Waals surface area contributed by atoms with Gasteiger partial charge >= 0.3 is 0 Å². The molecule has 10 heteroatoms. The number of halogens is 3. The maximum absolute atomic E-state index is 14.7. The van der Waals surface area contributed by atoms with Crippen LogP contribution in [-0.4, -0.2) is 48.3 Å². The minimum atomic E-state index is -0.527. The van der Waals surface area contributed by atoms with Crippen molar-refractivity contribution in [1.82, 2.24) is 15.6 Å². The number of benzene rings is 1. The Bertz CT molecular complexity index is 1170. The zero-order valence-corrected chi connectivity index (χ0v) is 20.9. The largest absolute Gasteiger partial charge is 0.358 e. The van der Waals surface area contributed by atoms with Crippen LogP contribution in [0.5, 0.6) is 0 Å². The summed E-state index contributed by atoms with van der Waals surface area (Å²) in [5, 5.41) is 12.2. The van der Waals surface area contributed by atoms with Crippen LogP contribution >= 0.6 is 11.6 Å². The van der Waals surface area contributed by atoms with E-state index in [1.807, 2.05) is 0 Å². The number of amidine groups is 1. The number of rotatable bonds is 6. The number of H-pyrrole nitrogens is 1. The number of aromatic amines is 1. The molecule has 188 valence electrons. The standard InChI is InChI=1S/C24H28ClF2N5O.CH3N/c1-5-20(26)23(31-16-7-6-8-17(11-16)32-24(33)14(3)28-4)30-13(2)19-12-29-22-18(19)9-15(25)10-21(22)27;1-2/h5,9-10,12,16-17,29H,2,6-8,11H2,1,3-4H3,(H,30,31)(H,32,33);2H,1H2/b20-5+,28-14?;. The van der Waals surface area contributed by atoms with E-state index in [9.17, 15) is 13.6 Å². The number of fused-ring (bicyclic) bond motifs is 1. The number of amides is 1. The molecule has 0 aliphatic heterocycles. The minimum absolute atomic E-state index is 0.0441. The first-order valence-corrected chi connectivity index (χ1v) is 11.5. The summed E-state index contributed by atoms with van der Waals surface area (Å²) < 4.78 is 28.9. The maximum Gasteiger partial charge on any atom is 0.265 e. The summed E-state index contributed by atoms with van der Waals surface area (Å²) in [6, 6.07) is 2.60. The summed E-state index contributed by atoms with van der Waals surface area (Å²) in [7, 11) is 1.57. The van der Waals surface area contributed by atoms with Gasteiger partial charge in [-0.2, -0.15) is 0 Å². The maximum atomic E-state index is 14.7. The molecule has 0 bridgehead atoms. The number of aromatic nitrogens is 1. The lowest BCUT2D eigenvalue weighted by Gasteiger charge is -2.28. The fraction of sp³-hybridized carbons (Fsp3) is 0.360. The zero-order valence-electron chi connectivity index (χ0n) is 20.1. The Kier molecular flexibility index (Phi) is 10.3. The summed E-state index contributed by atoms with van der Waals surface area (Å²) >= 11 is 6.01. The molecule has 2 unspecified atom stereocenters. The number of aliphatic imine (C=N–C) groups is 2. The van der Waals surface area contributed by atoms with E-state index in [0.29, 0.717) is 34.3 Å². The quantitative estimate of drug-likeness (QED) is 0.305. The van der Waals surface area contributed by atoms with Gasteiger partial charge in [0.2, 0.25) is 0 Å². The van der Waals surface area contributed by atoms with Gasteiger partial charge in [0.1, 0.15) is 5.82 Å². The van der Waals surface area contributed by atoms with Crippen molar-refractivity contribution < 1.29 is 13.6 Å². The fourth-order valence-corrected chi connectivity index (χ4v) is 4.10. The Morgan fingerprint density at radius 2 is 2.06 bits per heavy atom. The van der Waals surface area contributed by atoms with Gasteiger partial charge in [0.05, 0.1) is 17.3 Å². The lowest BCUT2D eigenvalue weighted by atomic mass is 9.91. The van der Waals surface area contributed by atoms with Crippen molar-refractivity contribution in [3.05, 3.63) is 53.2 Å². The molecule has 1 aliphatic rings. The third-order valence-corrected chi connectivity index (χ3v) is 5.96. The second-order valence-electron chi connectivity index (χ2n) is 8.03. The second-order valence-corrected chi connectivity index (χ2v) is 8.47. The number of carbonyl (C=O) groups is 1. The lowest BCUT2D eigenvalue weighted by molar-refractivity contribution is -0.115. The summed E-state index contributed by atoms with van der Waals surface area (Å²) in [4.78, 5) is 23.5. The highest BCUT2D eigenvalue weighted by atomic mass is 35.5. The third kappa shape index (κ3) is 7.08. The van der Waals surface area contributed by atoms with E-state index in [0.717, 1.165) is 19.3 Å². The highest BCUT2D eigenvalue weighted by molar-refractivity contribution is 6.37. The van der Waals surface area contributed by atoms with Gasteiger partial charge in [-0.1, -0.05) is 18.2 Å². The number of nitrogens with zero attached hydrogens (tertiary/aromatic N) is 2. The molecule has 1 aromatic heterocycles. The highest BCUT2D eigenvalue weighted by Crippen LogP contribution is 2.29. The van der Waals surface area contributed by atoms with Gasteiger partial charge in [0, 0.05) is 41.0 Å². The summed E-state index contributed by atoms with van der Waals surface area (Å²) in [5.41, 5.74) is 1.62. The zero-order chi connectivity index (χ0) is 26.1. The van der Waals surface area contributed by atoms with Crippen LogP contribution in [0, 0.1) is 11.2 Å². The van der Waals surface area contributed by atoms with Crippen molar-refractivity contribution in [3.63, 3.8) is 0 Å². The molecule has 2 atom stereocenters. The van der Waals surface area contributed by atoms with E-state index in [2.05, 4.69) is 38.9 Å². The topological polar surface area (TPSA) is 105 Å². The summed E-state index contributed by atoms with van der Waals surface area (Å²) in [5.74, 6) is -1.17. The smallest absolute Gasteiger partial charge is 0.265 e. The molecule has 2 aromatic rings. The van der Waals surface area contributed by atoms with Gasteiger partial charge in [0.15, 0.2) is 11.7 Å². The first-order chi connectivity index (χ1) is 16.7. The van der Waals surface area contributed by atoms with Gasteiger partial charge in [0.25, 0.3) is 5.91 Å². The highest BCUT2D eigenvalue weighted by Gasteiger charge is 2.25. The van der Waals surface area contributed by atoms with Crippen molar-refractivity contribution in [1.29, 1.82) is 5.41 Å². The molecule has 1 aliphatic carbocycles. The predicted molar refractivity (Wildman–Crippen MR) is 141 cm³/mol. The Labute approximate surface area is 209 Å². The number of carbonyl (C=O) groups excluding carboxylic acids is 1. The number of nitrogens with one attached hydrogen (secondary N) is 4. The van der Waals surface area contributed by atoms with Crippen molar-refractivity contribution in [2.24, 2.45) is 9.98 Å². The van der Waals surface area contributed by atoms with Crippen LogP contribution in [0.15, 0.2) is 46.8 Å². The Hall–Kier alpha value is -3.33. The van der Waals surface area contributed by atoms with E-state index in [1.165, 1.54) is 12.1 Å². The van der Waals surface area contributed by atoms with Crippen molar-refractivity contribution in [2.75, 3.05) is 7.05 Å². The molecule has 1 saturated carbocycles. The van der Waals surface area contributed by atoms with Gasteiger partial charge in [-0.25, -0.2) is 8.78 Å². The van der Waals surface area contributed by atoms with Gasteiger partial charge in [-0.3, -0.25) is 14.8 Å². The molecule has 1 heterocycles. The van der Waals surface area contributed by atoms with Crippen LogP contribution < -0.4 is 10.6 Å². The fourth-order valence-electron chi connectivity index (χ4n) is 3.89. The van der Waals surface area contributed by atoms with Crippen LogP contribution in [0.3, 0.4) is 0 Å². The minimum Gasteiger partial charge on any atom is -0.358 e. The molecule has 7 nitrogen and oxygen atoms in total. The van der Waals surface area contributed by atoms with E-state index >= 15 is 0 Å². The van der Waals surface area contributed by atoms with E-state index in [1.54, 1.807) is 33.2 Å². The van der Waals surface area contributed by atoms with E-state index in [4.69, 9.17) is 17.0 Å². The number of hydrogen-bond donors (Lipinski definition) is 4. The molecule has 4 N–H and O–H groups in total. The Balaban J connectivity index is 0.00000210. The molecule has 1 fully saturated rings. The van der Waals surface area contributed by atoms with Crippen molar-refractivity contribution in [3.8, 4) is 0 Å². The normalized spacial score (nSPS) is 19.1. The van der Waals surface area contributed by atoms with Gasteiger partial charge in [-0.15, -0.1) is 0 Å². The second kappa shape index (κ2) is 12.9. The SMILES string of the molecule is C=C(NC(=NC1CCCC(NC(=O)C(C)=NC)C1)/C(F)=C\C)c1c[nH]c2c(F)cc(Cl)cc12.C=N. The summed E-state index contributed by atoms with van der Waals surface area (Å²) in [6.45, 7) is 9.73. The van der Waals surface area contributed by atoms with Gasteiger partial charge in [-0.05, 0) is 64.5 Å². The Morgan fingerprint density at radius 1 is 1.34 bits per heavy atom. The van der Waals surface area contributed by atoms with E-state index < -0.39 is 11.6 Å². The van der Waals surface area contributed by atoms with Crippen LogP contribution in [-0.2, 0) is 4.79 Å². The van der Waals surface area contributed by atoms with Crippen LogP contribution in [0.4, 0.5) is 8.78 Å². The monoisotopic (exact) mass is 504 g/mol. The molecular weight excluding hydrogens is 474 g/mol. The third-order valence-electron chi connectivity index (χ3n) is 5.74. The summed E-state index contributed by atoms with van der Waals surface area (Å²) in [6.07, 6.45) is 5.95. The molecule has 35 heavy (non-hydrogen) atoms. The lowest BCUT2D eigenvalue weighted by Crippen LogP contribution is -2.42. The molecule has 0 radical (unpaired) electrons. The van der Waals surface area contributed by atoms with Crippen LogP contribution in [0.2, 0.25) is 5.02 Å². The Morgan fingerprint density at radius 3 is 2.71 bits per heavy atom. The molecule has 3 rings (SSSR count). The molecule has 0 spiro atoms. The average Bonchev–Trinajstić information content (AvgIpc) is 3.28. The number of allylic oxidation sites excluding steroid dienone is 1. The van der Waals surface area contributed by atoms with Crippen LogP contribution in [0.1, 0.15) is 45.1 Å². The van der Waals surface area contributed by atoms with Gasteiger partial charge < -0.3 is 21.0 Å².